The molecule has 0 amide bonds. The van der Waals surface area contributed by atoms with Crippen molar-refractivity contribution in [3.05, 3.63) is 59.4 Å². The number of aryl methyl sites for hydroxylation is 1. The molecule has 42 heavy (non-hydrogen) atoms. The summed E-state index contributed by atoms with van der Waals surface area (Å²) in [6.07, 6.45) is 0.751. The molecule has 224 valence electrons. The highest BCUT2D eigenvalue weighted by molar-refractivity contribution is 5.74. The number of nitrogen functional groups attached to an aromatic ring is 1. The van der Waals surface area contributed by atoms with Gasteiger partial charge in [-0.15, -0.1) is 0 Å². The molecule has 4 N–H and O–H groups in total. The molecular weight excluding hydrogens is 551 g/mol. The number of hydrogen-bond donors (Lipinski definition) is 3. The van der Waals surface area contributed by atoms with E-state index in [-0.39, 0.29) is 28.5 Å². The molecule has 0 aliphatic carbocycles. The highest BCUT2D eigenvalue weighted by Crippen LogP contribution is 2.42. The smallest absolute Gasteiger partial charge is 0.429 e. The number of benzene rings is 1. The first-order chi connectivity index (χ1) is 20.0. The molecule has 0 saturated carbocycles. The van der Waals surface area contributed by atoms with Crippen LogP contribution in [0.1, 0.15) is 55.5 Å². The van der Waals surface area contributed by atoms with Crippen LogP contribution in [0.25, 0.3) is 11.8 Å². The van der Waals surface area contributed by atoms with Gasteiger partial charge in [0, 0.05) is 37.5 Å². The Labute approximate surface area is 241 Å². The van der Waals surface area contributed by atoms with Gasteiger partial charge < -0.3 is 25.8 Å². The molecule has 1 unspecified atom stereocenters. The van der Waals surface area contributed by atoms with Gasteiger partial charge in [0.15, 0.2) is 0 Å². The summed E-state index contributed by atoms with van der Waals surface area (Å²) in [4.78, 5) is 21.6. The van der Waals surface area contributed by atoms with Crippen molar-refractivity contribution in [3.63, 3.8) is 0 Å². The van der Waals surface area contributed by atoms with Gasteiger partial charge in [0.2, 0.25) is 17.9 Å². The first kappa shape index (κ1) is 29.4. The normalized spacial score (nSPS) is 19.5. The van der Waals surface area contributed by atoms with E-state index in [1.165, 1.54) is 16.8 Å². The van der Waals surface area contributed by atoms with E-state index in [2.05, 4.69) is 20.4 Å². The minimum absolute atomic E-state index is 0.121. The van der Waals surface area contributed by atoms with Crippen LogP contribution in [0, 0.1) is 12.3 Å². The third-order valence-corrected chi connectivity index (χ3v) is 7.90. The number of carboxylic acids is 1. The maximum absolute atomic E-state index is 14.7. The lowest BCUT2D eigenvalue weighted by atomic mass is 9.76. The number of alkyl halides is 3. The summed E-state index contributed by atoms with van der Waals surface area (Å²) in [5, 5.41) is 16.8. The Morgan fingerprint density at radius 2 is 2.02 bits per heavy atom. The zero-order chi connectivity index (χ0) is 30.1. The number of piperidine rings is 1. The fraction of sp³-hybridized carbons (Fsp3) is 0.448. The Hall–Kier alpha value is -4.13. The second kappa shape index (κ2) is 11.6. The second-order valence-electron chi connectivity index (χ2n) is 11.0. The van der Waals surface area contributed by atoms with E-state index in [0.29, 0.717) is 56.0 Å². The molecule has 5 rings (SSSR count). The van der Waals surface area contributed by atoms with E-state index in [9.17, 15) is 23.1 Å². The quantitative estimate of drug-likeness (QED) is 0.345. The van der Waals surface area contributed by atoms with Gasteiger partial charge in [-0.05, 0) is 61.8 Å². The maximum atomic E-state index is 14.7. The van der Waals surface area contributed by atoms with Crippen molar-refractivity contribution >= 4 is 23.8 Å². The van der Waals surface area contributed by atoms with Crippen molar-refractivity contribution in [2.24, 2.45) is 5.41 Å². The number of carboxylic acid groups (broad SMARTS) is 1. The van der Waals surface area contributed by atoms with Gasteiger partial charge in [-0.25, -0.2) is 4.68 Å². The Kier molecular flexibility index (Phi) is 8.13. The summed E-state index contributed by atoms with van der Waals surface area (Å²) in [5.41, 5.74) is 7.17. The molecule has 13 heteroatoms. The third kappa shape index (κ3) is 6.35. The highest BCUT2D eigenvalue weighted by Gasteiger charge is 2.46. The summed E-state index contributed by atoms with van der Waals surface area (Å²) in [5.74, 6) is -1.02. The number of hydrogen-bond acceptors (Lipinski definition) is 8. The molecule has 2 atom stereocenters. The number of halogens is 3. The van der Waals surface area contributed by atoms with E-state index in [1.54, 1.807) is 37.4 Å². The van der Waals surface area contributed by atoms with Crippen LogP contribution in [0.2, 0.25) is 0 Å². The third-order valence-electron chi connectivity index (χ3n) is 7.90. The molecule has 1 spiro atoms. The molecule has 10 nitrogen and oxygen atoms in total. The lowest BCUT2D eigenvalue weighted by Crippen LogP contribution is -2.41. The predicted octanol–water partition coefficient (Wildman–Crippen LogP) is 4.69. The summed E-state index contributed by atoms with van der Waals surface area (Å²) in [7, 11) is 0. The van der Waals surface area contributed by atoms with Crippen LogP contribution in [-0.4, -0.2) is 62.7 Å². The Morgan fingerprint density at radius 3 is 2.64 bits per heavy atom. The molecule has 0 radical (unpaired) electrons. The summed E-state index contributed by atoms with van der Waals surface area (Å²) < 4.78 is 51.1. The van der Waals surface area contributed by atoms with Crippen LogP contribution in [0.5, 0.6) is 5.88 Å². The number of aliphatic carboxylic acids is 1. The minimum Gasteiger partial charge on any atom is -0.480 e. The molecule has 1 aromatic carbocycles. The molecule has 2 fully saturated rings. The first-order valence-corrected chi connectivity index (χ1v) is 13.9. The second-order valence-corrected chi connectivity index (χ2v) is 11.0. The SMILES string of the molecule is CC/C=C/c1ccc(-n2ccc(C)n2)c([C@@H](Oc2cc(N3CCC4(CC3)CNC(C(=O)O)C4)nc(N)n2)C(F)(F)F)c1. The van der Waals surface area contributed by atoms with E-state index in [1.807, 2.05) is 17.9 Å². The van der Waals surface area contributed by atoms with Gasteiger partial charge in [0.25, 0.3) is 0 Å². The van der Waals surface area contributed by atoms with Crippen molar-refractivity contribution < 1.29 is 27.8 Å². The lowest BCUT2D eigenvalue weighted by molar-refractivity contribution is -0.198. The lowest BCUT2D eigenvalue weighted by Gasteiger charge is -2.39. The fourth-order valence-corrected chi connectivity index (χ4v) is 5.66. The van der Waals surface area contributed by atoms with E-state index >= 15 is 0 Å². The Morgan fingerprint density at radius 1 is 1.26 bits per heavy atom. The van der Waals surface area contributed by atoms with E-state index in [4.69, 9.17) is 10.5 Å². The maximum Gasteiger partial charge on any atom is 0.429 e. The molecule has 0 bridgehead atoms. The highest BCUT2D eigenvalue weighted by atomic mass is 19.4. The van der Waals surface area contributed by atoms with Gasteiger partial charge in [0.1, 0.15) is 11.9 Å². The van der Waals surface area contributed by atoms with Crippen LogP contribution in [0.4, 0.5) is 24.9 Å². The van der Waals surface area contributed by atoms with Gasteiger partial charge >= 0.3 is 12.1 Å². The van der Waals surface area contributed by atoms with Crippen LogP contribution < -0.4 is 20.7 Å². The minimum atomic E-state index is -4.79. The Balaban J connectivity index is 1.44. The average molecular weight is 586 g/mol. The molecule has 2 aromatic heterocycles. The number of carbonyl (C=O) groups is 1. The molecule has 4 heterocycles. The number of nitrogens with one attached hydrogen (secondary N) is 1. The van der Waals surface area contributed by atoms with E-state index < -0.39 is 24.3 Å². The molecule has 2 saturated heterocycles. The van der Waals surface area contributed by atoms with Crippen molar-refractivity contribution in [3.8, 4) is 11.6 Å². The van der Waals surface area contributed by atoms with Gasteiger partial charge in [-0.2, -0.15) is 28.2 Å². The zero-order valence-corrected chi connectivity index (χ0v) is 23.4. The fourth-order valence-electron chi connectivity index (χ4n) is 5.66. The largest absolute Gasteiger partial charge is 0.480 e. The first-order valence-electron chi connectivity index (χ1n) is 13.9. The standard InChI is InChI=1S/C29H34F3N7O3/c1-3-4-5-19-6-7-22(39-11-8-18(2)37-39)20(14-19)25(29(30,31)32)42-24-15-23(35-27(33)36-24)38-12-9-28(10-13-38)16-21(26(40)41)34-17-28/h4-8,11,14-15,21,25,34H,3,9-10,12-13,16-17H2,1-2H3,(H,40,41)(H2,33,35,36)/b5-4+/t21?,25-/m1/s1. The van der Waals surface area contributed by atoms with Crippen LogP contribution in [0.3, 0.4) is 0 Å². The number of allylic oxidation sites excluding steroid dienone is 1. The Bertz CT molecular complexity index is 1460. The summed E-state index contributed by atoms with van der Waals surface area (Å²) >= 11 is 0. The van der Waals surface area contributed by atoms with Crippen molar-refractivity contribution in [2.45, 2.75) is 57.9 Å². The summed E-state index contributed by atoms with van der Waals surface area (Å²) in [6.45, 7) is 5.39. The number of anilines is 2. The predicted molar refractivity (Wildman–Crippen MR) is 151 cm³/mol. The monoisotopic (exact) mass is 585 g/mol. The van der Waals surface area contributed by atoms with Crippen molar-refractivity contribution in [1.29, 1.82) is 0 Å². The molecule has 2 aliphatic rings. The number of nitrogens with zero attached hydrogens (tertiary/aromatic N) is 5. The number of aromatic nitrogens is 4. The zero-order valence-electron chi connectivity index (χ0n) is 23.4. The van der Waals surface area contributed by atoms with Crippen molar-refractivity contribution in [2.75, 3.05) is 30.3 Å². The van der Waals surface area contributed by atoms with Crippen LogP contribution in [0.15, 0.2) is 42.6 Å². The number of nitrogens with two attached hydrogens (primary N) is 1. The molecular formula is C29H34F3N7O3. The van der Waals surface area contributed by atoms with Crippen molar-refractivity contribution in [1.82, 2.24) is 25.1 Å². The number of rotatable bonds is 8. The topological polar surface area (TPSA) is 131 Å². The number of ether oxygens (including phenoxy) is 1. The van der Waals surface area contributed by atoms with Gasteiger partial charge in [0.05, 0.1) is 11.4 Å². The van der Waals surface area contributed by atoms with E-state index in [0.717, 1.165) is 6.42 Å². The van der Waals surface area contributed by atoms with Crippen LogP contribution >= 0.6 is 0 Å². The van der Waals surface area contributed by atoms with Crippen LogP contribution in [-0.2, 0) is 4.79 Å². The average Bonchev–Trinajstić information content (AvgIpc) is 3.56. The molecule has 3 aromatic rings. The summed E-state index contributed by atoms with van der Waals surface area (Å²) in [6, 6.07) is 7.29. The molecule has 2 aliphatic heterocycles. The van der Waals surface area contributed by atoms with Gasteiger partial charge in [-0.1, -0.05) is 25.1 Å². The van der Waals surface area contributed by atoms with Gasteiger partial charge in [-0.3, -0.25) is 4.79 Å².